The highest BCUT2D eigenvalue weighted by atomic mass is 16.6. The number of carboxylic acid groups (broad SMARTS) is 1. The van der Waals surface area contributed by atoms with E-state index in [1.165, 1.54) is 0 Å². The van der Waals surface area contributed by atoms with Crippen LogP contribution in [0.25, 0.3) is 11.0 Å². The molecular formula is C26H39N3O4. The van der Waals surface area contributed by atoms with Crippen LogP contribution in [0.4, 0.5) is 0 Å². The smallest absolute Gasteiger partial charge is 0.320 e. The molecule has 0 amide bonds. The highest BCUT2D eigenvalue weighted by molar-refractivity contribution is 5.78. The average molecular weight is 458 g/mol. The van der Waals surface area contributed by atoms with E-state index in [4.69, 9.17) is 9.72 Å². The van der Waals surface area contributed by atoms with Gasteiger partial charge in [0.1, 0.15) is 17.5 Å². The zero-order chi connectivity index (χ0) is 24.1. The maximum Gasteiger partial charge on any atom is 0.320 e. The zero-order valence-corrected chi connectivity index (χ0v) is 20.5. The lowest BCUT2D eigenvalue weighted by atomic mass is 9.73. The Bertz CT molecular complexity index is 954. The number of ether oxygens (including phenoxy) is 1. The molecule has 0 unspecified atom stereocenters. The van der Waals surface area contributed by atoms with E-state index in [1.807, 2.05) is 39.0 Å². The molecule has 2 aromatic rings. The summed E-state index contributed by atoms with van der Waals surface area (Å²) >= 11 is 0. The van der Waals surface area contributed by atoms with Crippen molar-refractivity contribution < 1.29 is 19.4 Å². The Morgan fingerprint density at radius 3 is 2.55 bits per heavy atom. The van der Waals surface area contributed by atoms with Crippen LogP contribution < -0.4 is 5.32 Å². The predicted molar refractivity (Wildman–Crippen MR) is 129 cm³/mol. The first kappa shape index (κ1) is 25.2. The van der Waals surface area contributed by atoms with Gasteiger partial charge >= 0.3 is 11.9 Å². The van der Waals surface area contributed by atoms with Gasteiger partial charge in [-0.3, -0.25) is 9.59 Å². The average Bonchev–Trinajstić information content (AvgIpc) is 3.11. The Morgan fingerprint density at radius 2 is 1.91 bits per heavy atom. The molecule has 2 N–H and O–H groups in total. The van der Waals surface area contributed by atoms with Crippen LogP contribution in [0.5, 0.6) is 0 Å². The maximum atomic E-state index is 13.1. The zero-order valence-electron chi connectivity index (χ0n) is 20.5. The van der Waals surface area contributed by atoms with Crippen molar-refractivity contribution in [3.63, 3.8) is 0 Å². The summed E-state index contributed by atoms with van der Waals surface area (Å²) in [6.07, 6.45) is 6.41. The number of nitrogens with zero attached hydrogens (tertiary/aromatic N) is 2. The number of para-hydroxylation sites is 2. The summed E-state index contributed by atoms with van der Waals surface area (Å²) in [4.78, 5) is 29.9. The van der Waals surface area contributed by atoms with Gasteiger partial charge in [-0.25, -0.2) is 4.98 Å². The first-order chi connectivity index (χ1) is 15.6. The van der Waals surface area contributed by atoms with Gasteiger partial charge in [-0.1, -0.05) is 38.3 Å². The Kier molecular flexibility index (Phi) is 8.16. The van der Waals surface area contributed by atoms with E-state index in [2.05, 4.69) is 22.9 Å². The molecule has 0 spiro atoms. The molecule has 1 aromatic heterocycles. The molecule has 0 saturated heterocycles. The van der Waals surface area contributed by atoms with E-state index >= 15 is 0 Å². The van der Waals surface area contributed by atoms with Crippen molar-refractivity contribution in [2.75, 3.05) is 6.54 Å². The van der Waals surface area contributed by atoms with Crippen molar-refractivity contribution in [2.45, 2.75) is 97.2 Å². The predicted octanol–water partition coefficient (Wildman–Crippen LogP) is 4.71. The summed E-state index contributed by atoms with van der Waals surface area (Å²) in [7, 11) is 0. The number of benzene rings is 1. The Hall–Kier alpha value is -2.41. The van der Waals surface area contributed by atoms with Gasteiger partial charge < -0.3 is 19.7 Å². The minimum absolute atomic E-state index is 0.212. The van der Waals surface area contributed by atoms with Gasteiger partial charge in [-0.2, -0.15) is 0 Å². The molecule has 0 radical (unpaired) electrons. The fourth-order valence-electron chi connectivity index (χ4n) is 4.76. The van der Waals surface area contributed by atoms with Gasteiger partial charge in [-0.05, 0) is 58.6 Å². The number of aliphatic carboxylic acids is 1. The number of rotatable bonds is 10. The molecule has 33 heavy (non-hydrogen) atoms. The molecule has 0 aliphatic heterocycles. The van der Waals surface area contributed by atoms with E-state index in [-0.39, 0.29) is 5.97 Å². The van der Waals surface area contributed by atoms with Gasteiger partial charge in [0.15, 0.2) is 0 Å². The van der Waals surface area contributed by atoms with Crippen molar-refractivity contribution in [2.24, 2.45) is 5.41 Å². The fraction of sp³-hybridized carbons (Fsp3) is 0.654. The van der Waals surface area contributed by atoms with Gasteiger partial charge in [-0.15, -0.1) is 0 Å². The van der Waals surface area contributed by atoms with Crippen molar-refractivity contribution in [3.05, 3.63) is 30.1 Å². The molecule has 182 valence electrons. The second-order valence-corrected chi connectivity index (χ2v) is 10.3. The van der Waals surface area contributed by atoms with Crippen molar-refractivity contribution in [1.82, 2.24) is 14.9 Å². The second-order valence-electron chi connectivity index (χ2n) is 10.3. The van der Waals surface area contributed by atoms with Crippen LogP contribution in [-0.4, -0.2) is 44.8 Å². The summed E-state index contributed by atoms with van der Waals surface area (Å²) in [6.45, 7) is 8.92. The van der Waals surface area contributed by atoms with Crippen LogP contribution in [0.1, 0.15) is 78.5 Å². The highest BCUT2D eigenvalue weighted by Gasteiger charge is 2.43. The number of esters is 1. The molecule has 1 aliphatic carbocycles. The van der Waals surface area contributed by atoms with E-state index in [0.29, 0.717) is 19.4 Å². The Balaban J connectivity index is 1.72. The monoisotopic (exact) mass is 457 g/mol. The van der Waals surface area contributed by atoms with Crippen LogP contribution in [0.2, 0.25) is 0 Å². The quantitative estimate of drug-likeness (QED) is 0.502. The maximum absolute atomic E-state index is 13.1. The molecule has 1 atom stereocenters. The Labute approximate surface area is 196 Å². The fourth-order valence-corrected chi connectivity index (χ4v) is 4.76. The van der Waals surface area contributed by atoms with Crippen molar-refractivity contribution >= 4 is 23.0 Å². The third-order valence-corrected chi connectivity index (χ3v) is 6.46. The van der Waals surface area contributed by atoms with Crippen LogP contribution >= 0.6 is 0 Å². The number of carbonyl (C=O) groups excluding carboxylic acids is 1. The van der Waals surface area contributed by atoms with Crippen LogP contribution in [0.3, 0.4) is 0 Å². The molecule has 1 fully saturated rings. The number of carboxylic acids is 1. The summed E-state index contributed by atoms with van der Waals surface area (Å²) < 4.78 is 7.93. The van der Waals surface area contributed by atoms with Crippen LogP contribution in [-0.2, 0) is 27.3 Å². The van der Waals surface area contributed by atoms with Gasteiger partial charge in [0.05, 0.1) is 16.4 Å². The first-order valence-corrected chi connectivity index (χ1v) is 12.3. The topological polar surface area (TPSA) is 93.5 Å². The SMILES string of the molecule is CCCn1c(CC[C@H](NCC2(C(=O)OC(C)(C)C)CCCCC2)C(=O)O)nc2ccccc21. The number of hydrogen-bond acceptors (Lipinski definition) is 5. The third-order valence-electron chi connectivity index (χ3n) is 6.46. The molecule has 1 aromatic carbocycles. The van der Waals surface area contributed by atoms with Crippen molar-refractivity contribution in [1.29, 1.82) is 0 Å². The highest BCUT2D eigenvalue weighted by Crippen LogP contribution is 2.38. The number of hydrogen-bond donors (Lipinski definition) is 2. The minimum atomic E-state index is -0.900. The van der Waals surface area contributed by atoms with Gasteiger partial charge in [0.2, 0.25) is 0 Å². The summed E-state index contributed by atoms with van der Waals surface area (Å²) in [5, 5.41) is 13.1. The van der Waals surface area contributed by atoms with E-state index in [9.17, 15) is 14.7 Å². The first-order valence-electron chi connectivity index (χ1n) is 12.3. The standard InChI is InChI=1S/C26H39N3O4/c1-5-17-29-21-12-8-7-11-19(21)28-22(29)14-13-20(23(30)31)27-18-26(15-9-6-10-16-26)24(32)33-25(2,3)4/h7-8,11-12,20,27H,5-6,9-10,13-18H2,1-4H3,(H,30,31)/t20-/m0/s1. The number of fused-ring (bicyclic) bond motifs is 1. The summed E-state index contributed by atoms with van der Waals surface area (Å²) in [6, 6.07) is 7.27. The summed E-state index contributed by atoms with van der Waals surface area (Å²) in [5.74, 6) is -0.204. The lowest BCUT2D eigenvalue weighted by Crippen LogP contribution is -2.50. The largest absolute Gasteiger partial charge is 0.480 e. The number of nitrogens with one attached hydrogen (secondary N) is 1. The number of aromatic nitrogens is 2. The van der Waals surface area contributed by atoms with Crippen molar-refractivity contribution in [3.8, 4) is 0 Å². The number of imidazole rings is 1. The number of carbonyl (C=O) groups is 2. The van der Waals surface area contributed by atoms with Crippen LogP contribution in [0.15, 0.2) is 24.3 Å². The Morgan fingerprint density at radius 1 is 1.21 bits per heavy atom. The molecule has 1 aliphatic rings. The lowest BCUT2D eigenvalue weighted by molar-refractivity contribution is -0.170. The molecule has 1 saturated carbocycles. The van der Waals surface area contributed by atoms with Gasteiger partial charge in [0, 0.05) is 19.5 Å². The molecular weight excluding hydrogens is 418 g/mol. The van der Waals surface area contributed by atoms with Crippen LogP contribution in [0, 0.1) is 5.41 Å². The molecule has 1 heterocycles. The van der Waals surface area contributed by atoms with Gasteiger partial charge in [0.25, 0.3) is 0 Å². The van der Waals surface area contributed by atoms with E-state index in [1.54, 1.807) is 0 Å². The lowest BCUT2D eigenvalue weighted by Gasteiger charge is -2.38. The van der Waals surface area contributed by atoms with E-state index < -0.39 is 23.0 Å². The molecule has 7 nitrogen and oxygen atoms in total. The molecule has 7 heteroatoms. The molecule has 3 rings (SSSR count). The minimum Gasteiger partial charge on any atom is -0.480 e. The summed E-state index contributed by atoms with van der Waals surface area (Å²) in [5.41, 5.74) is 0.799. The normalized spacial score (nSPS) is 17.1. The second kappa shape index (κ2) is 10.7. The molecule has 0 bridgehead atoms. The third kappa shape index (κ3) is 6.34. The number of aryl methyl sites for hydroxylation is 2. The van der Waals surface area contributed by atoms with E-state index in [0.717, 1.165) is 61.9 Å².